The average molecular weight is 586 g/mol. The molecule has 4 amide bonds. The van der Waals surface area contributed by atoms with Crippen molar-refractivity contribution in [2.75, 3.05) is 13.2 Å². The van der Waals surface area contributed by atoms with Crippen molar-refractivity contribution in [2.45, 2.75) is 86.5 Å². The van der Waals surface area contributed by atoms with Gasteiger partial charge in [0.1, 0.15) is 11.5 Å². The molecular weight excluding hydrogens is 545 g/mol. The van der Waals surface area contributed by atoms with Crippen molar-refractivity contribution in [2.24, 2.45) is 4.74 Å². The zero-order valence-corrected chi connectivity index (χ0v) is 26.5. The summed E-state index contributed by atoms with van der Waals surface area (Å²) in [6.45, 7) is 19.5. The number of hydrogen-bond donors (Lipinski definition) is 0. The zero-order chi connectivity index (χ0) is 30.5. The Morgan fingerprint density at radius 1 is 0.829 bits per heavy atom. The quantitative estimate of drug-likeness (QED) is 0.327. The average Bonchev–Trinajstić information content (AvgIpc) is 3.12. The number of aryl methyl sites for hydroxylation is 2. The molecule has 2 aromatic carbocycles. The summed E-state index contributed by atoms with van der Waals surface area (Å²) in [6.07, 6.45) is -1.61. The number of amides is 4. The first kappa shape index (κ1) is 30.4. The third-order valence-corrected chi connectivity index (χ3v) is 8.82. The van der Waals surface area contributed by atoms with Gasteiger partial charge in [-0.3, -0.25) is 0 Å². The Labute approximate surface area is 242 Å². The Bertz CT molecular complexity index is 1390. The molecule has 41 heavy (non-hydrogen) atoms. The second-order valence-corrected chi connectivity index (χ2v) is 14.3. The number of carbonyl (C=O) groups is 3. The number of ether oxygens (including phenoxy) is 2. The molecule has 0 aliphatic carbocycles. The maximum Gasteiger partial charge on any atom is 0.459 e. The maximum absolute atomic E-state index is 13.6. The normalized spacial score (nSPS) is 16.1. The lowest BCUT2D eigenvalue weighted by Crippen LogP contribution is -2.48. The van der Waals surface area contributed by atoms with Crippen LogP contribution in [0.2, 0.25) is 0 Å². The Morgan fingerprint density at radius 2 is 1.27 bits per heavy atom. The van der Waals surface area contributed by atoms with Gasteiger partial charge < -0.3 is 18.5 Å². The number of hydrazine groups is 1. The third-order valence-electron chi connectivity index (χ3n) is 6.73. The van der Waals surface area contributed by atoms with Crippen molar-refractivity contribution < 1.29 is 32.9 Å². The van der Waals surface area contributed by atoms with Crippen LogP contribution in [0.15, 0.2) is 29.0 Å². The van der Waals surface area contributed by atoms with Gasteiger partial charge in [0.15, 0.2) is 0 Å². The molecule has 0 saturated heterocycles. The minimum absolute atomic E-state index is 0.0216. The summed E-state index contributed by atoms with van der Waals surface area (Å²) in [5.74, 6) is 0.912. The lowest BCUT2D eigenvalue weighted by atomic mass is 9.81. The monoisotopic (exact) mass is 585 g/mol. The van der Waals surface area contributed by atoms with Crippen LogP contribution in [-0.2, 0) is 26.7 Å². The van der Waals surface area contributed by atoms with Crippen LogP contribution in [0.25, 0.3) is 0 Å². The molecule has 2 aromatic rings. The van der Waals surface area contributed by atoms with Crippen molar-refractivity contribution in [3.05, 3.63) is 57.6 Å². The maximum atomic E-state index is 13.6. The Kier molecular flexibility index (Phi) is 7.95. The van der Waals surface area contributed by atoms with E-state index in [1.807, 2.05) is 38.1 Å². The predicted octanol–water partition coefficient (Wildman–Crippen LogP) is 8.17. The van der Waals surface area contributed by atoms with Crippen LogP contribution in [0.5, 0.6) is 11.5 Å². The van der Waals surface area contributed by atoms with Gasteiger partial charge in [-0.05, 0) is 49.7 Å². The highest BCUT2D eigenvalue weighted by Gasteiger charge is 2.57. The van der Waals surface area contributed by atoms with Crippen LogP contribution in [0, 0.1) is 13.8 Å². The van der Waals surface area contributed by atoms with Crippen molar-refractivity contribution in [1.82, 2.24) is 9.79 Å². The number of hydrogen-bond acceptors (Lipinski definition) is 7. The smallest absolute Gasteiger partial charge is 0.448 e. The topological polar surface area (TPSA) is 107 Å². The molecule has 0 saturated carbocycles. The summed E-state index contributed by atoms with van der Waals surface area (Å²) in [5, 5.41) is 0.520. The second kappa shape index (κ2) is 10.7. The van der Waals surface area contributed by atoms with Gasteiger partial charge in [-0.25, -0.2) is 14.4 Å². The highest BCUT2D eigenvalue weighted by Crippen LogP contribution is 2.63. The Balaban J connectivity index is 2.13. The second-order valence-electron chi connectivity index (χ2n) is 12.3. The SMILES string of the molecule is CCOC(=O)N1C(=O)N=P2(Oc3c(cc(C)cc3C(C)(C)C)Cc3cc(C)cc(C(C)(C)C)c3O2)N1C(=O)OCC. The molecule has 2 aliphatic rings. The number of nitrogens with zero attached hydrogens (tertiary/aromatic N) is 3. The fraction of sp³-hybridized carbons (Fsp3) is 0.500. The first-order valence-electron chi connectivity index (χ1n) is 13.8. The summed E-state index contributed by atoms with van der Waals surface area (Å²) in [6, 6.07) is 7.06. The lowest BCUT2D eigenvalue weighted by Gasteiger charge is -2.37. The van der Waals surface area contributed by atoms with Crippen LogP contribution in [0.4, 0.5) is 14.4 Å². The van der Waals surface area contributed by atoms with Crippen LogP contribution >= 0.6 is 7.66 Å². The molecule has 0 aromatic heterocycles. The van der Waals surface area contributed by atoms with Crippen molar-refractivity contribution >= 4 is 25.9 Å². The van der Waals surface area contributed by atoms with Crippen LogP contribution in [-0.4, -0.2) is 41.2 Å². The number of urea groups is 1. The summed E-state index contributed by atoms with van der Waals surface area (Å²) >= 11 is 0. The van der Waals surface area contributed by atoms with E-state index in [2.05, 4.69) is 46.3 Å². The highest BCUT2D eigenvalue weighted by atomic mass is 31.2. The van der Waals surface area contributed by atoms with Crippen molar-refractivity contribution in [3.8, 4) is 11.5 Å². The molecule has 0 bridgehead atoms. The molecule has 1 spiro atoms. The van der Waals surface area contributed by atoms with Crippen LogP contribution in [0.1, 0.15) is 88.8 Å². The molecule has 10 nitrogen and oxygen atoms in total. The van der Waals surface area contributed by atoms with Gasteiger partial charge in [0.05, 0.1) is 13.2 Å². The summed E-state index contributed by atoms with van der Waals surface area (Å²) in [4.78, 5) is 40.1. The number of rotatable bonds is 2. The molecule has 11 heteroatoms. The number of imide groups is 1. The Hall–Kier alpha value is -3.52. The van der Waals surface area contributed by atoms with E-state index in [4.69, 9.17) is 18.5 Å². The minimum atomic E-state index is -4.13. The van der Waals surface area contributed by atoms with Gasteiger partial charge in [-0.2, -0.15) is 0 Å². The van der Waals surface area contributed by atoms with E-state index in [1.54, 1.807) is 13.8 Å². The minimum Gasteiger partial charge on any atom is -0.448 e. The van der Waals surface area contributed by atoms with E-state index >= 15 is 0 Å². The van der Waals surface area contributed by atoms with E-state index in [9.17, 15) is 14.4 Å². The fourth-order valence-electron chi connectivity index (χ4n) is 4.96. The number of fused-ring (bicyclic) bond motifs is 2. The van der Waals surface area contributed by atoms with E-state index in [0.717, 1.165) is 38.2 Å². The van der Waals surface area contributed by atoms with Gasteiger partial charge >= 0.3 is 25.9 Å². The van der Waals surface area contributed by atoms with Crippen molar-refractivity contribution in [3.63, 3.8) is 0 Å². The lowest BCUT2D eigenvalue weighted by molar-refractivity contribution is 0.0445. The molecule has 4 rings (SSSR count). The molecule has 0 atom stereocenters. The molecule has 2 heterocycles. The van der Waals surface area contributed by atoms with E-state index in [1.165, 1.54) is 0 Å². The van der Waals surface area contributed by atoms with E-state index in [0.29, 0.717) is 22.9 Å². The number of carbonyl (C=O) groups excluding carboxylic acids is 3. The molecule has 0 unspecified atom stereocenters. The van der Waals surface area contributed by atoms with Crippen LogP contribution in [0.3, 0.4) is 0 Å². The molecular formula is C30H40N3O7P. The van der Waals surface area contributed by atoms with Gasteiger partial charge in [-0.15, -0.1) is 9.75 Å². The van der Waals surface area contributed by atoms with E-state index in [-0.39, 0.29) is 24.0 Å². The van der Waals surface area contributed by atoms with Gasteiger partial charge in [-0.1, -0.05) is 81.7 Å². The third kappa shape index (κ3) is 5.67. The van der Waals surface area contributed by atoms with Gasteiger partial charge in [0.2, 0.25) is 0 Å². The summed E-state index contributed by atoms with van der Waals surface area (Å²) in [7, 11) is -4.13. The van der Waals surface area contributed by atoms with E-state index < -0.39 is 25.9 Å². The highest BCUT2D eigenvalue weighted by molar-refractivity contribution is 7.56. The van der Waals surface area contributed by atoms with Gasteiger partial charge in [0, 0.05) is 17.5 Å². The zero-order valence-electron chi connectivity index (χ0n) is 25.6. The predicted molar refractivity (Wildman–Crippen MR) is 156 cm³/mol. The molecule has 0 N–H and O–H groups in total. The fourth-order valence-corrected chi connectivity index (χ4v) is 7.17. The molecule has 0 fully saturated rings. The molecule has 2 aliphatic heterocycles. The summed E-state index contributed by atoms with van der Waals surface area (Å²) < 4.78 is 29.1. The standard InChI is InChI=1S/C30H40N3O7P/c1-11-37-27(35)32-26(34)31-41(33(32)28(36)38-12-2)39-24-20(13-18(3)15-22(24)29(5,6)7)17-21-14-19(4)16-23(25(21)40-41)30(8,9)10/h13-16H,11-12,17H2,1-10H3. The Morgan fingerprint density at radius 3 is 1.68 bits per heavy atom. The molecule has 222 valence electrons. The summed E-state index contributed by atoms with van der Waals surface area (Å²) in [5.41, 5.74) is 4.70. The van der Waals surface area contributed by atoms with Crippen molar-refractivity contribution in [1.29, 1.82) is 0 Å². The van der Waals surface area contributed by atoms with Gasteiger partial charge in [0.25, 0.3) is 0 Å². The first-order valence-corrected chi connectivity index (χ1v) is 15.3. The largest absolute Gasteiger partial charge is 0.459 e. The molecule has 0 radical (unpaired) electrons. The number of benzene rings is 2. The van der Waals surface area contributed by atoms with Crippen LogP contribution < -0.4 is 9.05 Å². The first-order chi connectivity index (χ1) is 19.0.